The predicted octanol–water partition coefficient (Wildman–Crippen LogP) is 1.80. The van der Waals surface area contributed by atoms with Gasteiger partial charge in [-0.1, -0.05) is 18.2 Å². The average molecular weight is 421 g/mol. The van der Waals surface area contributed by atoms with Crippen LogP contribution in [-0.2, 0) is 21.8 Å². The standard InChI is InChI=1S/C18H20N4O4S2/c1-11-20-15(10-21(11)2)28(24,25)22-7-8-26-13(9-22)16-12-5-3-4-6-14(12)27-17(16)18(19)23/h3-6,10,13H,7-9H2,1-2H3,(H2,19,23)/t13-/m0/s1. The molecule has 3 heterocycles. The maximum absolute atomic E-state index is 13.1. The molecule has 28 heavy (non-hydrogen) atoms. The van der Waals surface area contributed by atoms with E-state index in [9.17, 15) is 13.2 Å². The van der Waals surface area contributed by atoms with E-state index in [0.717, 1.165) is 10.1 Å². The van der Waals surface area contributed by atoms with E-state index in [1.807, 2.05) is 24.3 Å². The van der Waals surface area contributed by atoms with Gasteiger partial charge in [0.15, 0.2) is 5.03 Å². The number of ether oxygens (including phenoxy) is 1. The molecule has 3 aromatic rings. The van der Waals surface area contributed by atoms with Crippen LogP contribution >= 0.6 is 11.3 Å². The van der Waals surface area contributed by atoms with E-state index in [-0.39, 0.29) is 24.7 Å². The molecule has 8 nitrogen and oxygen atoms in total. The molecule has 10 heteroatoms. The van der Waals surface area contributed by atoms with Gasteiger partial charge < -0.3 is 15.0 Å². The molecule has 0 unspecified atom stereocenters. The van der Waals surface area contributed by atoms with Gasteiger partial charge in [0.05, 0.1) is 17.6 Å². The van der Waals surface area contributed by atoms with Gasteiger partial charge in [0, 0.05) is 36.6 Å². The van der Waals surface area contributed by atoms with Crippen LogP contribution in [0.4, 0.5) is 0 Å². The van der Waals surface area contributed by atoms with E-state index >= 15 is 0 Å². The fourth-order valence-electron chi connectivity index (χ4n) is 3.37. The van der Waals surface area contributed by atoms with Crippen molar-refractivity contribution in [2.24, 2.45) is 12.8 Å². The fourth-order valence-corrected chi connectivity index (χ4v) is 5.93. The number of aromatic nitrogens is 2. The van der Waals surface area contributed by atoms with Crippen molar-refractivity contribution < 1.29 is 17.9 Å². The number of hydrogen-bond acceptors (Lipinski definition) is 6. The summed E-state index contributed by atoms with van der Waals surface area (Å²) in [4.78, 5) is 16.6. The third-order valence-corrected chi connectivity index (χ3v) is 7.84. The largest absolute Gasteiger partial charge is 0.371 e. The van der Waals surface area contributed by atoms with Crippen molar-refractivity contribution in [3.63, 3.8) is 0 Å². The molecular formula is C18H20N4O4S2. The highest BCUT2D eigenvalue weighted by molar-refractivity contribution is 7.89. The number of thiophene rings is 1. The molecule has 0 saturated carbocycles. The highest BCUT2D eigenvalue weighted by Gasteiger charge is 2.35. The Labute approximate surface area is 166 Å². The van der Waals surface area contributed by atoms with Crippen molar-refractivity contribution in [3.8, 4) is 0 Å². The number of morpholine rings is 1. The van der Waals surface area contributed by atoms with Crippen molar-refractivity contribution in [3.05, 3.63) is 46.7 Å². The van der Waals surface area contributed by atoms with Gasteiger partial charge in [-0.25, -0.2) is 13.4 Å². The van der Waals surface area contributed by atoms with Gasteiger partial charge in [0.2, 0.25) is 0 Å². The van der Waals surface area contributed by atoms with Crippen LogP contribution < -0.4 is 5.73 Å². The third-order valence-electron chi connectivity index (χ3n) is 4.90. The third kappa shape index (κ3) is 3.12. The molecule has 0 spiro atoms. The highest BCUT2D eigenvalue weighted by Crippen LogP contribution is 2.38. The van der Waals surface area contributed by atoms with Gasteiger partial charge in [0.1, 0.15) is 5.82 Å². The van der Waals surface area contributed by atoms with Crippen molar-refractivity contribution >= 4 is 37.4 Å². The molecule has 1 aliphatic rings. The fraction of sp³-hybridized carbons (Fsp3) is 0.333. The van der Waals surface area contributed by atoms with E-state index in [1.165, 1.54) is 21.8 Å². The summed E-state index contributed by atoms with van der Waals surface area (Å²) in [5.41, 5.74) is 6.24. The van der Waals surface area contributed by atoms with E-state index in [4.69, 9.17) is 10.5 Å². The van der Waals surface area contributed by atoms with Crippen LogP contribution in [0.2, 0.25) is 0 Å². The van der Waals surface area contributed by atoms with Gasteiger partial charge in [0.25, 0.3) is 15.9 Å². The van der Waals surface area contributed by atoms with Crippen LogP contribution in [0, 0.1) is 6.92 Å². The number of imidazole rings is 1. The second kappa shape index (κ2) is 6.96. The summed E-state index contributed by atoms with van der Waals surface area (Å²) in [5, 5.41) is 0.873. The summed E-state index contributed by atoms with van der Waals surface area (Å²) in [6.07, 6.45) is 0.927. The van der Waals surface area contributed by atoms with Gasteiger partial charge in [-0.05, 0) is 18.4 Å². The summed E-state index contributed by atoms with van der Waals surface area (Å²) in [6.45, 7) is 2.29. The lowest BCUT2D eigenvalue weighted by atomic mass is 10.0. The number of benzene rings is 1. The first-order valence-corrected chi connectivity index (χ1v) is 11.0. The van der Waals surface area contributed by atoms with E-state index < -0.39 is 22.0 Å². The van der Waals surface area contributed by atoms with E-state index in [1.54, 1.807) is 18.5 Å². The molecular weight excluding hydrogens is 400 g/mol. The summed E-state index contributed by atoms with van der Waals surface area (Å²) in [7, 11) is -2.02. The maximum atomic E-state index is 13.1. The number of amides is 1. The molecule has 4 rings (SSSR count). The van der Waals surface area contributed by atoms with Crippen molar-refractivity contribution in [1.29, 1.82) is 0 Å². The first-order chi connectivity index (χ1) is 13.3. The Bertz CT molecular complexity index is 1150. The zero-order chi connectivity index (χ0) is 20.1. The Morgan fingerprint density at radius 3 is 2.79 bits per heavy atom. The summed E-state index contributed by atoms with van der Waals surface area (Å²) >= 11 is 1.30. The lowest BCUT2D eigenvalue weighted by Gasteiger charge is -2.32. The number of carbonyl (C=O) groups excluding carboxylic acids is 1. The number of fused-ring (bicyclic) bond motifs is 1. The smallest absolute Gasteiger partial charge is 0.262 e. The first kappa shape index (κ1) is 19.1. The van der Waals surface area contributed by atoms with Crippen LogP contribution in [-0.4, -0.2) is 47.9 Å². The molecule has 0 radical (unpaired) electrons. The minimum atomic E-state index is -3.77. The normalized spacial score (nSPS) is 18.6. The number of nitrogens with two attached hydrogens (primary N) is 1. The molecule has 0 bridgehead atoms. The van der Waals surface area contributed by atoms with Gasteiger partial charge in [-0.3, -0.25) is 4.79 Å². The number of hydrogen-bond donors (Lipinski definition) is 1. The second-order valence-electron chi connectivity index (χ2n) is 6.67. The molecule has 0 aliphatic carbocycles. The van der Waals surface area contributed by atoms with Gasteiger partial charge in [-0.15, -0.1) is 11.3 Å². The van der Waals surface area contributed by atoms with Crippen LogP contribution in [0.25, 0.3) is 10.1 Å². The topological polar surface area (TPSA) is 108 Å². The monoisotopic (exact) mass is 420 g/mol. The van der Waals surface area contributed by atoms with Crippen LogP contribution in [0.3, 0.4) is 0 Å². The van der Waals surface area contributed by atoms with Gasteiger partial charge >= 0.3 is 0 Å². The second-order valence-corrected chi connectivity index (χ2v) is 9.60. The molecule has 1 fully saturated rings. The Morgan fingerprint density at radius 2 is 2.11 bits per heavy atom. The predicted molar refractivity (Wildman–Crippen MR) is 106 cm³/mol. The maximum Gasteiger partial charge on any atom is 0.262 e. The SMILES string of the molecule is Cc1nc(S(=O)(=O)N2CCO[C@H](c3c(C(N)=O)sc4ccccc34)C2)cn1C. The number of nitrogens with zero attached hydrogens (tertiary/aromatic N) is 3. The van der Waals surface area contributed by atoms with Crippen LogP contribution in [0.1, 0.15) is 27.2 Å². The summed E-state index contributed by atoms with van der Waals surface area (Å²) in [6, 6.07) is 7.56. The van der Waals surface area contributed by atoms with Crippen LogP contribution in [0.5, 0.6) is 0 Å². The molecule has 2 N–H and O–H groups in total. The summed E-state index contributed by atoms with van der Waals surface area (Å²) in [5.74, 6) is 0.0726. The summed E-state index contributed by atoms with van der Waals surface area (Å²) < 4.78 is 35.9. The number of primary amides is 1. The highest BCUT2D eigenvalue weighted by atomic mass is 32.2. The quantitative estimate of drug-likeness (QED) is 0.693. The lowest BCUT2D eigenvalue weighted by molar-refractivity contribution is -0.00195. The molecule has 2 aromatic heterocycles. The van der Waals surface area contributed by atoms with E-state index in [2.05, 4.69) is 4.98 Å². The van der Waals surface area contributed by atoms with Crippen LogP contribution in [0.15, 0.2) is 35.5 Å². The Morgan fingerprint density at radius 1 is 1.36 bits per heavy atom. The minimum Gasteiger partial charge on any atom is -0.371 e. The first-order valence-electron chi connectivity index (χ1n) is 8.72. The number of aryl methyl sites for hydroxylation is 2. The molecule has 1 aliphatic heterocycles. The van der Waals surface area contributed by atoms with Crippen molar-refractivity contribution in [1.82, 2.24) is 13.9 Å². The lowest BCUT2D eigenvalue weighted by Crippen LogP contribution is -2.42. The number of rotatable bonds is 4. The molecule has 148 valence electrons. The Hall–Kier alpha value is -2.27. The van der Waals surface area contributed by atoms with Crippen molar-refractivity contribution in [2.45, 2.75) is 18.1 Å². The Balaban J connectivity index is 1.73. The zero-order valence-corrected chi connectivity index (χ0v) is 17.1. The Kier molecular flexibility index (Phi) is 4.74. The molecule has 1 amide bonds. The van der Waals surface area contributed by atoms with E-state index in [0.29, 0.717) is 16.3 Å². The number of sulfonamides is 1. The van der Waals surface area contributed by atoms with Gasteiger partial charge in [-0.2, -0.15) is 4.31 Å². The molecule has 1 saturated heterocycles. The van der Waals surface area contributed by atoms with Crippen molar-refractivity contribution in [2.75, 3.05) is 19.7 Å². The number of carbonyl (C=O) groups is 1. The molecule has 1 aromatic carbocycles. The zero-order valence-electron chi connectivity index (χ0n) is 15.5. The molecule has 1 atom stereocenters. The minimum absolute atomic E-state index is 0.0125. The average Bonchev–Trinajstić information content (AvgIpc) is 3.23.